The molecule has 150 valence electrons. The highest BCUT2D eigenvalue weighted by atomic mass is 32.2. The second-order valence-electron chi connectivity index (χ2n) is 5.64. The monoisotopic (exact) mass is 400 g/mol. The molecule has 0 saturated heterocycles. The van der Waals surface area contributed by atoms with Gasteiger partial charge in [0, 0.05) is 11.3 Å². The summed E-state index contributed by atoms with van der Waals surface area (Å²) in [5, 5.41) is 0.199. The van der Waals surface area contributed by atoms with Gasteiger partial charge in [-0.05, 0) is 37.3 Å². The van der Waals surface area contributed by atoms with E-state index in [2.05, 4.69) is 0 Å². The SMILES string of the molecule is CCOC(=O)/C=C\c1ccccc1.CCOC(=O)CC(SC)c1ccccc1. The van der Waals surface area contributed by atoms with Gasteiger partial charge >= 0.3 is 11.9 Å². The van der Waals surface area contributed by atoms with Gasteiger partial charge in [-0.1, -0.05) is 60.7 Å². The number of esters is 2. The molecule has 5 heteroatoms. The number of carbonyl (C=O) groups excluding carboxylic acids is 2. The van der Waals surface area contributed by atoms with E-state index in [0.717, 1.165) is 5.56 Å². The molecule has 0 spiro atoms. The van der Waals surface area contributed by atoms with Gasteiger partial charge in [0.05, 0.1) is 19.6 Å². The predicted molar refractivity (Wildman–Crippen MR) is 116 cm³/mol. The summed E-state index contributed by atoms with van der Waals surface area (Å²) in [7, 11) is 0. The van der Waals surface area contributed by atoms with E-state index < -0.39 is 0 Å². The van der Waals surface area contributed by atoms with Crippen molar-refractivity contribution in [3.8, 4) is 0 Å². The molecule has 0 aliphatic rings. The number of carbonyl (C=O) groups is 2. The van der Waals surface area contributed by atoms with Crippen LogP contribution in [0.3, 0.4) is 0 Å². The molecule has 0 amide bonds. The quantitative estimate of drug-likeness (QED) is 0.444. The molecule has 1 atom stereocenters. The van der Waals surface area contributed by atoms with E-state index in [1.807, 2.05) is 73.8 Å². The third-order valence-electron chi connectivity index (χ3n) is 3.61. The molecular formula is C23H28O4S. The Morgan fingerprint density at radius 2 is 1.50 bits per heavy atom. The molecule has 0 aliphatic carbocycles. The zero-order valence-corrected chi connectivity index (χ0v) is 17.5. The molecule has 1 unspecified atom stereocenters. The molecule has 0 N–H and O–H groups in total. The molecule has 4 nitrogen and oxygen atoms in total. The van der Waals surface area contributed by atoms with Crippen LogP contribution in [-0.4, -0.2) is 31.4 Å². The van der Waals surface area contributed by atoms with Crippen molar-refractivity contribution in [2.75, 3.05) is 19.5 Å². The smallest absolute Gasteiger partial charge is 0.330 e. The Kier molecular flexibility index (Phi) is 12.2. The van der Waals surface area contributed by atoms with Gasteiger partial charge in [0.25, 0.3) is 0 Å². The summed E-state index contributed by atoms with van der Waals surface area (Å²) in [5.74, 6) is -0.424. The number of thioether (sulfide) groups is 1. The summed E-state index contributed by atoms with van der Waals surface area (Å²) in [4.78, 5) is 22.3. The highest BCUT2D eigenvalue weighted by molar-refractivity contribution is 7.98. The van der Waals surface area contributed by atoms with Gasteiger partial charge in [0.1, 0.15) is 0 Å². The largest absolute Gasteiger partial charge is 0.466 e. The first kappa shape index (κ1) is 23.5. The van der Waals surface area contributed by atoms with Crippen molar-refractivity contribution in [3.63, 3.8) is 0 Å². The number of ether oxygens (including phenoxy) is 2. The number of rotatable bonds is 8. The third-order valence-corrected chi connectivity index (χ3v) is 4.62. The van der Waals surface area contributed by atoms with Crippen molar-refractivity contribution in [1.29, 1.82) is 0 Å². The Balaban J connectivity index is 0.000000283. The van der Waals surface area contributed by atoms with Crippen LogP contribution in [0.4, 0.5) is 0 Å². The molecule has 0 saturated carbocycles. The van der Waals surface area contributed by atoms with Crippen molar-refractivity contribution >= 4 is 29.8 Å². The second-order valence-corrected chi connectivity index (χ2v) is 6.68. The van der Waals surface area contributed by atoms with Crippen LogP contribution in [-0.2, 0) is 19.1 Å². The first-order valence-corrected chi connectivity index (χ1v) is 10.5. The Morgan fingerprint density at radius 1 is 0.929 bits per heavy atom. The molecule has 0 fully saturated rings. The Morgan fingerprint density at radius 3 is 2.04 bits per heavy atom. The lowest BCUT2D eigenvalue weighted by molar-refractivity contribution is -0.143. The van der Waals surface area contributed by atoms with Gasteiger partial charge in [0.2, 0.25) is 0 Å². The maximum atomic E-state index is 11.4. The Bertz CT molecular complexity index is 714. The minimum absolute atomic E-state index is 0.124. The topological polar surface area (TPSA) is 52.6 Å². The number of hydrogen-bond donors (Lipinski definition) is 0. The summed E-state index contributed by atoms with van der Waals surface area (Å²) in [6, 6.07) is 19.7. The summed E-state index contributed by atoms with van der Waals surface area (Å²) in [6.07, 6.45) is 5.62. The van der Waals surface area contributed by atoms with E-state index in [1.165, 1.54) is 11.6 Å². The highest BCUT2D eigenvalue weighted by Crippen LogP contribution is 2.29. The fourth-order valence-corrected chi connectivity index (χ4v) is 3.03. The van der Waals surface area contributed by atoms with Crippen molar-refractivity contribution in [2.24, 2.45) is 0 Å². The van der Waals surface area contributed by atoms with Crippen LogP contribution in [0, 0.1) is 0 Å². The van der Waals surface area contributed by atoms with Crippen molar-refractivity contribution in [3.05, 3.63) is 77.9 Å². The molecular weight excluding hydrogens is 372 g/mol. The first-order valence-electron chi connectivity index (χ1n) is 9.23. The summed E-state index contributed by atoms with van der Waals surface area (Å²) in [6.45, 7) is 4.48. The zero-order chi connectivity index (χ0) is 20.6. The molecule has 0 aliphatic heterocycles. The maximum absolute atomic E-state index is 11.4. The van der Waals surface area contributed by atoms with Gasteiger partial charge in [0.15, 0.2) is 0 Å². The van der Waals surface area contributed by atoms with Gasteiger partial charge in [-0.25, -0.2) is 4.79 Å². The number of benzene rings is 2. The van der Waals surface area contributed by atoms with Gasteiger partial charge in [-0.2, -0.15) is 11.8 Å². The average Bonchev–Trinajstić information content (AvgIpc) is 2.73. The molecule has 2 aromatic rings. The normalized spacial score (nSPS) is 11.2. The van der Waals surface area contributed by atoms with E-state index in [9.17, 15) is 9.59 Å². The minimum atomic E-state index is -0.300. The molecule has 2 aromatic carbocycles. The van der Waals surface area contributed by atoms with E-state index in [0.29, 0.717) is 19.6 Å². The lowest BCUT2D eigenvalue weighted by atomic mass is 10.1. The van der Waals surface area contributed by atoms with Crippen molar-refractivity contribution in [2.45, 2.75) is 25.5 Å². The van der Waals surface area contributed by atoms with Gasteiger partial charge in [-0.15, -0.1) is 0 Å². The minimum Gasteiger partial charge on any atom is -0.466 e. The Hall–Kier alpha value is -2.53. The lowest BCUT2D eigenvalue weighted by Crippen LogP contribution is -2.08. The zero-order valence-electron chi connectivity index (χ0n) is 16.7. The van der Waals surface area contributed by atoms with Crippen molar-refractivity contribution < 1.29 is 19.1 Å². The molecule has 0 radical (unpaired) electrons. The van der Waals surface area contributed by atoms with Crippen LogP contribution in [0.25, 0.3) is 6.08 Å². The Labute approximate surface area is 171 Å². The summed E-state index contributed by atoms with van der Waals surface area (Å²) >= 11 is 1.68. The number of hydrogen-bond acceptors (Lipinski definition) is 5. The highest BCUT2D eigenvalue weighted by Gasteiger charge is 2.15. The maximum Gasteiger partial charge on any atom is 0.330 e. The summed E-state index contributed by atoms with van der Waals surface area (Å²) in [5.41, 5.74) is 2.17. The molecule has 28 heavy (non-hydrogen) atoms. The van der Waals surface area contributed by atoms with E-state index in [1.54, 1.807) is 24.8 Å². The second kappa shape index (κ2) is 14.5. The average molecular weight is 401 g/mol. The third kappa shape index (κ3) is 9.97. The molecule has 0 bridgehead atoms. The lowest BCUT2D eigenvalue weighted by Gasteiger charge is -2.13. The fraction of sp³-hybridized carbons (Fsp3) is 0.304. The van der Waals surface area contributed by atoms with E-state index in [4.69, 9.17) is 9.47 Å². The van der Waals surface area contributed by atoms with Crippen LogP contribution < -0.4 is 0 Å². The van der Waals surface area contributed by atoms with Crippen molar-refractivity contribution in [1.82, 2.24) is 0 Å². The van der Waals surface area contributed by atoms with E-state index >= 15 is 0 Å². The fourth-order valence-electron chi connectivity index (χ4n) is 2.30. The van der Waals surface area contributed by atoms with E-state index in [-0.39, 0.29) is 17.2 Å². The van der Waals surface area contributed by atoms with Crippen LogP contribution in [0.1, 0.15) is 36.6 Å². The van der Waals surface area contributed by atoms with Crippen LogP contribution >= 0.6 is 11.8 Å². The predicted octanol–water partition coefficient (Wildman–Crippen LogP) is 5.31. The van der Waals surface area contributed by atoms with Gasteiger partial charge in [-0.3, -0.25) is 4.79 Å². The summed E-state index contributed by atoms with van der Waals surface area (Å²) < 4.78 is 9.68. The molecule has 0 aromatic heterocycles. The molecule has 0 heterocycles. The standard InChI is InChI=1S/C12H16O2S.C11H12O2/c1-3-14-12(13)9-11(15-2)10-7-5-4-6-8-10;1-2-13-11(12)9-8-10-6-4-3-5-7-10/h4-8,11H,3,9H2,1-2H3;3-9H,2H2,1H3/b;9-8-. The van der Waals surface area contributed by atoms with Crippen LogP contribution in [0.15, 0.2) is 66.7 Å². The van der Waals surface area contributed by atoms with Crippen LogP contribution in [0.5, 0.6) is 0 Å². The first-order chi connectivity index (χ1) is 13.6. The molecule has 2 rings (SSSR count). The van der Waals surface area contributed by atoms with Crippen LogP contribution in [0.2, 0.25) is 0 Å². The van der Waals surface area contributed by atoms with Gasteiger partial charge < -0.3 is 9.47 Å².